The van der Waals surface area contributed by atoms with Crippen LogP contribution in [0, 0.1) is 0 Å². The van der Waals surface area contributed by atoms with Crippen molar-refractivity contribution in [1.29, 1.82) is 0 Å². The van der Waals surface area contributed by atoms with Gasteiger partial charge in [-0.2, -0.15) is 0 Å². The Morgan fingerprint density at radius 2 is 1.06 bits per heavy atom. The lowest BCUT2D eigenvalue weighted by molar-refractivity contribution is -0.165. The summed E-state index contributed by atoms with van der Waals surface area (Å²) in [5.74, 6) is -4.94. The fourth-order valence-corrected chi connectivity index (χ4v) is 0.348. The summed E-state index contributed by atoms with van der Waals surface area (Å²) in [4.78, 5) is 29.1. The number of carbonyl (C=O) groups is 3. The topological polar surface area (TPSA) is 193 Å². The molecule has 7 N–H and O–H groups in total. The lowest BCUT2D eigenvalue weighted by atomic mass is 10.2. The molecule has 0 aliphatic carbocycles. The van der Waals surface area contributed by atoms with Crippen molar-refractivity contribution in [3.63, 3.8) is 0 Å². The van der Waals surface area contributed by atoms with Gasteiger partial charge in [-0.1, -0.05) is 0 Å². The van der Waals surface area contributed by atoms with Crippen LogP contribution in [0.25, 0.3) is 0 Å². The molecule has 0 aromatic rings. The van der Waals surface area contributed by atoms with Crippen molar-refractivity contribution in [2.75, 3.05) is 6.61 Å². The number of aliphatic hydroxyl groups excluding tert-OH is 4. The lowest BCUT2D eigenvalue weighted by Gasteiger charge is -2.07. The van der Waals surface area contributed by atoms with Crippen LogP contribution < -0.4 is 0 Å². The van der Waals surface area contributed by atoms with Gasteiger partial charge in [0.1, 0.15) is 0 Å². The third-order valence-electron chi connectivity index (χ3n) is 1.26. The molecule has 3 atom stereocenters. The second-order valence-electron chi connectivity index (χ2n) is 2.60. The van der Waals surface area contributed by atoms with Crippen molar-refractivity contribution in [2.24, 2.45) is 0 Å². The van der Waals surface area contributed by atoms with Crippen LogP contribution in [0.3, 0.4) is 0 Å². The van der Waals surface area contributed by atoms with E-state index in [1.807, 2.05) is 0 Å². The van der Waals surface area contributed by atoms with Crippen molar-refractivity contribution < 1.29 is 50.1 Å². The number of hydrogen-bond donors (Lipinski definition) is 7. The molecule has 100 valence electrons. The van der Waals surface area contributed by atoms with Gasteiger partial charge in [0.15, 0.2) is 18.3 Å². The standard InChI is InChI=1S/C4H6O6.C3H6O4/c5-1(3(7)8)2(6)4(9)10;4-1-2(5)3(6)7/h1-2,5-6H,(H,7,8)(H,9,10);2,4-5H,1H2,(H,6,7). The number of hydrogen-bond acceptors (Lipinski definition) is 7. The molecule has 0 aromatic carbocycles. The summed E-state index contributed by atoms with van der Waals surface area (Å²) in [6, 6.07) is 0. The maximum Gasteiger partial charge on any atom is 0.335 e. The third kappa shape index (κ3) is 8.10. The molecule has 0 bridgehead atoms. The fourth-order valence-electron chi connectivity index (χ4n) is 0.348. The molecule has 17 heavy (non-hydrogen) atoms. The molecule has 10 nitrogen and oxygen atoms in total. The van der Waals surface area contributed by atoms with Gasteiger partial charge >= 0.3 is 17.9 Å². The van der Waals surface area contributed by atoms with Crippen LogP contribution in [0.5, 0.6) is 0 Å². The molecule has 0 aliphatic heterocycles. The van der Waals surface area contributed by atoms with E-state index in [0.29, 0.717) is 0 Å². The van der Waals surface area contributed by atoms with Gasteiger partial charge in [-0.3, -0.25) is 0 Å². The summed E-state index contributed by atoms with van der Waals surface area (Å²) in [6.07, 6.45) is -6.16. The second-order valence-corrected chi connectivity index (χ2v) is 2.60. The lowest BCUT2D eigenvalue weighted by Crippen LogP contribution is -2.39. The number of aliphatic hydroxyl groups is 4. The normalized spacial score (nSPS) is 14.8. The van der Waals surface area contributed by atoms with E-state index in [0.717, 1.165) is 0 Å². The molecule has 10 heteroatoms. The van der Waals surface area contributed by atoms with Crippen LogP contribution in [0.4, 0.5) is 0 Å². The number of carboxylic acids is 3. The molecule has 0 radical (unpaired) electrons. The Kier molecular flexibility index (Phi) is 8.72. The second kappa shape index (κ2) is 8.41. The van der Waals surface area contributed by atoms with Crippen LogP contribution in [0.15, 0.2) is 0 Å². The Morgan fingerprint density at radius 3 is 1.12 bits per heavy atom. The molecule has 0 rings (SSSR count). The van der Waals surface area contributed by atoms with Crippen molar-refractivity contribution in [3.05, 3.63) is 0 Å². The first-order valence-electron chi connectivity index (χ1n) is 3.98. The average molecular weight is 256 g/mol. The molecule has 0 amide bonds. The van der Waals surface area contributed by atoms with Crippen molar-refractivity contribution in [2.45, 2.75) is 18.3 Å². The van der Waals surface area contributed by atoms with Gasteiger partial charge in [0.25, 0.3) is 0 Å². The Hall–Kier alpha value is -1.75. The van der Waals surface area contributed by atoms with E-state index in [4.69, 9.17) is 35.7 Å². The molecular formula is C7H12O10. The minimum Gasteiger partial charge on any atom is -0.479 e. The predicted molar refractivity (Wildman–Crippen MR) is 48.0 cm³/mol. The summed E-state index contributed by atoms with van der Waals surface area (Å²) < 4.78 is 0. The Labute approximate surface area is 94.0 Å². The quantitative estimate of drug-likeness (QED) is 0.257. The molecule has 0 aliphatic rings. The number of carboxylic acid groups (broad SMARTS) is 3. The van der Waals surface area contributed by atoms with Gasteiger partial charge in [0.05, 0.1) is 6.61 Å². The zero-order valence-corrected chi connectivity index (χ0v) is 8.29. The number of aliphatic carboxylic acids is 3. The maximum atomic E-state index is 9.77. The Bertz CT molecular complexity index is 256. The zero-order valence-electron chi connectivity index (χ0n) is 8.29. The summed E-state index contributed by atoms with van der Waals surface area (Å²) in [5.41, 5.74) is 0. The Morgan fingerprint density at radius 1 is 0.765 bits per heavy atom. The van der Waals surface area contributed by atoms with Gasteiger partial charge in [0, 0.05) is 0 Å². The monoisotopic (exact) mass is 256 g/mol. The predicted octanol–water partition coefficient (Wildman–Crippen LogP) is -3.70. The minimum atomic E-state index is -2.27. The smallest absolute Gasteiger partial charge is 0.335 e. The zero-order chi connectivity index (χ0) is 14.2. The van der Waals surface area contributed by atoms with E-state index in [2.05, 4.69) is 0 Å². The summed E-state index contributed by atoms with van der Waals surface area (Å²) in [5, 5.41) is 56.3. The first-order valence-corrected chi connectivity index (χ1v) is 3.98. The molecule has 0 aromatic heterocycles. The molecule has 0 fully saturated rings. The van der Waals surface area contributed by atoms with E-state index in [9.17, 15) is 14.4 Å². The molecule has 3 unspecified atom stereocenters. The Balaban J connectivity index is 0. The minimum absolute atomic E-state index is 0.727. The van der Waals surface area contributed by atoms with E-state index in [-0.39, 0.29) is 0 Å². The van der Waals surface area contributed by atoms with Gasteiger partial charge in [-0.25, -0.2) is 14.4 Å². The van der Waals surface area contributed by atoms with Crippen LogP contribution in [-0.4, -0.2) is 78.6 Å². The highest BCUT2D eigenvalue weighted by Crippen LogP contribution is 1.92. The third-order valence-corrected chi connectivity index (χ3v) is 1.26. The van der Waals surface area contributed by atoms with E-state index < -0.39 is 42.8 Å². The first-order chi connectivity index (χ1) is 7.64. The molecule has 0 heterocycles. The fraction of sp³-hybridized carbons (Fsp3) is 0.571. The largest absolute Gasteiger partial charge is 0.479 e. The number of rotatable bonds is 5. The van der Waals surface area contributed by atoms with Crippen molar-refractivity contribution in [1.82, 2.24) is 0 Å². The van der Waals surface area contributed by atoms with Crippen molar-refractivity contribution >= 4 is 17.9 Å². The van der Waals surface area contributed by atoms with Crippen molar-refractivity contribution in [3.8, 4) is 0 Å². The van der Waals surface area contributed by atoms with E-state index in [1.165, 1.54) is 0 Å². The highest BCUT2D eigenvalue weighted by Gasteiger charge is 2.29. The van der Waals surface area contributed by atoms with Gasteiger partial charge in [-0.15, -0.1) is 0 Å². The van der Waals surface area contributed by atoms with Gasteiger partial charge < -0.3 is 35.7 Å². The molecular weight excluding hydrogens is 244 g/mol. The highest BCUT2D eigenvalue weighted by atomic mass is 16.4. The SMILES string of the molecule is O=C(O)C(O)C(O)C(=O)O.O=C(O)C(O)CO. The molecule has 0 saturated heterocycles. The average Bonchev–Trinajstić information content (AvgIpc) is 2.26. The molecule has 0 saturated carbocycles. The van der Waals surface area contributed by atoms with Crippen LogP contribution in [-0.2, 0) is 14.4 Å². The maximum absolute atomic E-state index is 9.77. The van der Waals surface area contributed by atoms with Gasteiger partial charge in [0.2, 0.25) is 0 Å². The van der Waals surface area contributed by atoms with Crippen LogP contribution >= 0.6 is 0 Å². The van der Waals surface area contributed by atoms with E-state index >= 15 is 0 Å². The summed E-state index contributed by atoms with van der Waals surface area (Å²) in [6.45, 7) is -0.727. The highest BCUT2D eigenvalue weighted by molar-refractivity contribution is 5.83. The van der Waals surface area contributed by atoms with E-state index in [1.54, 1.807) is 0 Å². The summed E-state index contributed by atoms with van der Waals surface area (Å²) >= 11 is 0. The summed E-state index contributed by atoms with van der Waals surface area (Å²) in [7, 11) is 0. The first kappa shape index (κ1) is 17.6. The van der Waals surface area contributed by atoms with Crippen LogP contribution in [0.2, 0.25) is 0 Å². The molecule has 0 spiro atoms. The van der Waals surface area contributed by atoms with Crippen LogP contribution in [0.1, 0.15) is 0 Å². The van der Waals surface area contributed by atoms with Gasteiger partial charge in [-0.05, 0) is 0 Å².